The molecule has 0 saturated carbocycles. The molecule has 0 spiro atoms. The van der Waals surface area contributed by atoms with Gasteiger partial charge in [-0.1, -0.05) is 18.5 Å². The van der Waals surface area contributed by atoms with E-state index in [1.54, 1.807) is 23.9 Å². The summed E-state index contributed by atoms with van der Waals surface area (Å²) < 4.78 is 0. The summed E-state index contributed by atoms with van der Waals surface area (Å²) in [4.78, 5) is 16.4. The molecule has 0 aromatic carbocycles. The number of anilines is 1. The second-order valence-corrected chi connectivity index (χ2v) is 5.41. The molecule has 1 aromatic rings. The van der Waals surface area contributed by atoms with Crippen molar-refractivity contribution in [2.24, 2.45) is 0 Å². The topological polar surface area (TPSA) is 54.0 Å². The average molecular weight is 302 g/mol. The average Bonchev–Trinajstić information content (AvgIpc) is 2.40. The monoisotopic (exact) mass is 301 g/mol. The zero-order valence-electron chi connectivity index (χ0n) is 11.5. The standard InChI is InChI=1S/C13H20ClN3OS/c1-4-9(8-19-3)16-13(18)12-10(14)6-7-11(17-12)15-5-2/h6-7,9H,4-5,8H2,1-3H3,(H,15,17)(H,16,18). The molecule has 0 radical (unpaired) electrons. The molecule has 19 heavy (non-hydrogen) atoms. The van der Waals surface area contributed by atoms with Gasteiger partial charge in [0.05, 0.1) is 5.02 Å². The molecule has 2 N–H and O–H groups in total. The van der Waals surface area contributed by atoms with E-state index in [1.165, 1.54) is 0 Å². The van der Waals surface area contributed by atoms with Crippen LogP contribution >= 0.6 is 23.4 Å². The maximum Gasteiger partial charge on any atom is 0.271 e. The highest BCUT2D eigenvalue weighted by molar-refractivity contribution is 7.98. The number of rotatable bonds is 7. The molecule has 4 nitrogen and oxygen atoms in total. The van der Waals surface area contributed by atoms with E-state index >= 15 is 0 Å². The summed E-state index contributed by atoms with van der Waals surface area (Å²) in [5.41, 5.74) is 0.277. The van der Waals surface area contributed by atoms with Crippen molar-refractivity contribution in [3.05, 3.63) is 22.8 Å². The largest absolute Gasteiger partial charge is 0.370 e. The number of amides is 1. The molecule has 1 atom stereocenters. The second kappa shape index (κ2) is 8.27. The minimum Gasteiger partial charge on any atom is -0.370 e. The Kier molecular flexibility index (Phi) is 7.02. The van der Waals surface area contributed by atoms with Crippen LogP contribution in [0.2, 0.25) is 5.02 Å². The van der Waals surface area contributed by atoms with E-state index in [9.17, 15) is 4.79 Å². The first-order valence-electron chi connectivity index (χ1n) is 6.32. The van der Waals surface area contributed by atoms with Crippen LogP contribution in [0.25, 0.3) is 0 Å². The summed E-state index contributed by atoms with van der Waals surface area (Å²) in [5, 5.41) is 6.40. The maximum absolute atomic E-state index is 12.2. The van der Waals surface area contributed by atoms with E-state index in [2.05, 4.69) is 15.6 Å². The van der Waals surface area contributed by atoms with Crippen LogP contribution in [0.5, 0.6) is 0 Å². The van der Waals surface area contributed by atoms with Crippen LogP contribution in [0.1, 0.15) is 30.8 Å². The smallest absolute Gasteiger partial charge is 0.271 e. The van der Waals surface area contributed by atoms with Gasteiger partial charge in [-0.05, 0) is 31.7 Å². The van der Waals surface area contributed by atoms with Crippen LogP contribution in [0.4, 0.5) is 5.82 Å². The molecule has 1 aromatic heterocycles. The van der Waals surface area contributed by atoms with Gasteiger partial charge in [0, 0.05) is 18.3 Å². The Morgan fingerprint density at radius 2 is 2.21 bits per heavy atom. The summed E-state index contributed by atoms with van der Waals surface area (Å²) in [5.74, 6) is 1.33. The van der Waals surface area contributed by atoms with Crippen LogP contribution in [-0.4, -0.2) is 35.5 Å². The zero-order valence-corrected chi connectivity index (χ0v) is 13.1. The summed E-state index contributed by atoms with van der Waals surface area (Å²) in [7, 11) is 0. The molecular formula is C13H20ClN3OS. The molecular weight excluding hydrogens is 282 g/mol. The number of nitrogens with zero attached hydrogens (tertiary/aromatic N) is 1. The van der Waals surface area contributed by atoms with Gasteiger partial charge in [0.15, 0.2) is 0 Å². The summed E-state index contributed by atoms with van der Waals surface area (Å²) >= 11 is 7.75. The van der Waals surface area contributed by atoms with Crippen LogP contribution in [0.15, 0.2) is 12.1 Å². The van der Waals surface area contributed by atoms with Crippen LogP contribution < -0.4 is 10.6 Å². The number of pyridine rings is 1. The van der Waals surface area contributed by atoms with Gasteiger partial charge in [-0.25, -0.2) is 4.98 Å². The molecule has 106 valence electrons. The molecule has 0 saturated heterocycles. The van der Waals surface area contributed by atoms with E-state index in [0.717, 1.165) is 18.7 Å². The molecule has 1 heterocycles. The SMILES string of the molecule is CCNc1ccc(Cl)c(C(=O)NC(CC)CSC)n1. The third-order valence-electron chi connectivity index (χ3n) is 2.61. The number of aromatic nitrogens is 1. The first kappa shape index (κ1) is 16.1. The zero-order chi connectivity index (χ0) is 14.3. The van der Waals surface area contributed by atoms with Gasteiger partial charge < -0.3 is 10.6 Å². The molecule has 0 aliphatic rings. The quantitative estimate of drug-likeness (QED) is 0.813. The van der Waals surface area contributed by atoms with E-state index in [-0.39, 0.29) is 17.6 Å². The van der Waals surface area contributed by atoms with Gasteiger partial charge in [-0.15, -0.1) is 0 Å². The molecule has 0 fully saturated rings. The van der Waals surface area contributed by atoms with Gasteiger partial charge in [0.2, 0.25) is 0 Å². The first-order chi connectivity index (χ1) is 9.12. The number of nitrogens with one attached hydrogen (secondary N) is 2. The summed E-state index contributed by atoms with van der Waals surface area (Å²) in [6.07, 6.45) is 2.91. The maximum atomic E-state index is 12.2. The highest BCUT2D eigenvalue weighted by atomic mass is 35.5. The predicted octanol–water partition coefficient (Wildman–Crippen LogP) is 3.04. The molecule has 1 rings (SSSR count). The van der Waals surface area contributed by atoms with E-state index < -0.39 is 0 Å². The number of carbonyl (C=O) groups is 1. The van der Waals surface area contributed by atoms with Crippen molar-refractivity contribution < 1.29 is 4.79 Å². The van der Waals surface area contributed by atoms with Gasteiger partial charge in [0.1, 0.15) is 11.5 Å². The molecule has 0 aliphatic carbocycles. The fourth-order valence-electron chi connectivity index (χ4n) is 1.60. The van der Waals surface area contributed by atoms with Crippen LogP contribution in [0.3, 0.4) is 0 Å². The van der Waals surface area contributed by atoms with E-state index in [4.69, 9.17) is 11.6 Å². The van der Waals surface area contributed by atoms with Gasteiger partial charge in [0.25, 0.3) is 5.91 Å². The summed E-state index contributed by atoms with van der Waals surface area (Å²) in [6.45, 7) is 4.77. The highest BCUT2D eigenvalue weighted by Gasteiger charge is 2.16. The molecule has 1 amide bonds. The minimum atomic E-state index is -0.217. The fraction of sp³-hybridized carbons (Fsp3) is 0.538. The Balaban J connectivity index is 2.82. The van der Waals surface area contributed by atoms with Crippen LogP contribution in [0, 0.1) is 0 Å². The third-order valence-corrected chi connectivity index (χ3v) is 3.66. The normalized spacial score (nSPS) is 12.0. The minimum absolute atomic E-state index is 0.142. The predicted molar refractivity (Wildman–Crippen MR) is 83.3 cm³/mol. The molecule has 6 heteroatoms. The second-order valence-electron chi connectivity index (χ2n) is 4.09. The van der Waals surface area contributed by atoms with Gasteiger partial charge in [-0.3, -0.25) is 4.79 Å². The lowest BCUT2D eigenvalue weighted by atomic mass is 10.2. The Morgan fingerprint density at radius 3 is 2.79 bits per heavy atom. The number of hydrogen-bond donors (Lipinski definition) is 2. The Bertz CT molecular complexity index is 428. The lowest BCUT2D eigenvalue weighted by Gasteiger charge is -2.16. The van der Waals surface area contributed by atoms with Crippen molar-refractivity contribution in [1.82, 2.24) is 10.3 Å². The van der Waals surface area contributed by atoms with E-state index in [0.29, 0.717) is 10.8 Å². The van der Waals surface area contributed by atoms with Crippen molar-refractivity contribution in [1.29, 1.82) is 0 Å². The van der Waals surface area contributed by atoms with E-state index in [1.807, 2.05) is 20.1 Å². The number of thioether (sulfide) groups is 1. The van der Waals surface area contributed by atoms with Crippen molar-refractivity contribution >= 4 is 35.1 Å². The molecule has 1 unspecified atom stereocenters. The number of halogens is 1. The third kappa shape index (κ3) is 4.91. The van der Waals surface area contributed by atoms with Crippen LogP contribution in [-0.2, 0) is 0 Å². The number of hydrogen-bond acceptors (Lipinski definition) is 4. The Labute approximate surface area is 123 Å². The molecule has 0 bridgehead atoms. The first-order valence-corrected chi connectivity index (χ1v) is 8.09. The van der Waals surface area contributed by atoms with Crippen molar-refractivity contribution in [2.45, 2.75) is 26.3 Å². The Morgan fingerprint density at radius 1 is 1.47 bits per heavy atom. The summed E-state index contributed by atoms with van der Waals surface area (Å²) in [6, 6.07) is 3.60. The highest BCUT2D eigenvalue weighted by Crippen LogP contribution is 2.17. The van der Waals surface area contributed by atoms with Gasteiger partial charge in [-0.2, -0.15) is 11.8 Å². The van der Waals surface area contributed by atoms with Crippen molar-refractivity contribution in [2.75, 3.05) is 23.9 Å². The van der Waals surface area contributed by atoms with Crippen molar-refractivity contribution in [3.63, 3.8) is 0 Å². The van der Waals surface area contributed by atoms with Crippen molar-refractivity contribution in [3.8, 4) is 0 Å². The lowest BCUT2D eigenvalue weighted by molar-refractivity contribution is 0.0935. The lowest BCUT2D eigenvalue weighted by Crippen LogP contribution is -2.36. The number of carbonyl (C=O) groups excluding carboxylic acids is 1. The van der Waals surface area contributed by atoms with Gasteiger partial charge >= 0.3 is 0 Å². The fourth-order valence-corrected chi connectivity index (χ4v) is 2.51. The Hall–Kier alpha value is -0.940. The molecule has 0 aliphatic heterocycles.